The number of benzene rings is 1. The fraction of sp³-hybridized carbons (Fsp3) is 0.625. The zero-order chi connectivity index (χ0) is 13.4. The predicted octanol–water partition coefficient (Wildman–Crippen LogP) is 3.35. The average molecular weight is 323 g/mol. The number of rotatable bonds is 2. The second-order valence-electron chi connectivity index (χ2n) is 6.15. The summed E-state index contributed by atoms with van der Waals surface area (Å²) in [7, 11) is 0. The molecule has 0 saturated carbocycles. The first-order chi connectivity index (χ1) is 9.19. The van der Waals surface area contributed by atoms with E-state index in [9.17, 15) is 0 Å². The van der Waals surface area contributed by atoms with Crippen LogP contribution in [0.3, 0.4) is 0 Å². The van der Waals surface area contributed by atoms with Crippen molar-refractivity contribution in [2.24, 2.45) is 17.6 Å². The maximum Gasteiger partial charge on any atom is 0.0354 e. The smallest absolute Gasteiger partial charge is 0.0354 e. The van der Waals surface area contributed by atoms with Crippen molar-refractivity contribution in [2.45, 2.75) is 32.2 Å². The zero-order valence-electron chi connectivity index (χ0n) is 11.6. The number of aryl methyl sites for hydroxylation is 1. The number of fused-ring (bicyclic) bond motifs is 1. The van der Waals surface area contributed by atoms with Crippen LogP contribution in [0.1, 0.15) is 36.9 Å². The third kappa shape index (κ3) is 2.61. The zero-order valence-corrected chi connectivity index (χ0v) is 13.2. The molecule has 1 aliphatic carbocycles. The Bertz CT molecular complexity index is 460. The molecule has 1 saturated heterocycles. The third-order valence-electron chi connectivity index (χ3n) is 5.04. The van der Waals surface area contributed by atoms with Gasteiger partial charge in [0.15, 0.2) is 0 Å². The molecule has 3 rings (SSSR count). The van der Waals surface area contributed by atoms with Gasteiger partial charge in [0.25, 0.3) is 0 Å². The second-order valence-corrected chi connectivity index (χ2v) is 7.07. The van der Waals surface area contributed by atoms with Crippen LogP contribution < -0.4 is 5.73 Å². The molecule has 2 N–H and O–H groups in total. The van der Waals surface area contributed by atoms with Gasteiger partial charge in [0, 0.05) is 17.1 Å². The molecule has 1 aromatic carbocycles. The Kier molecular flexibility index (Phi) is 3.97. The van der Waals surface area contributed by atoms with Crippen LogP contribution in [0.25, 0.3) is 0 Å². The Morgan fingerprint density at radius 3 is 3.00 bits per heavy atom. The van der Waals surface area contributed by atoms with Crippen LogP contribution in [0.5, 0.6) is 0 Å². The molecule has 0 radical (unpaired) electrons. The summed E-state index contributed by atoms with van der Waals surface area (Å²) in [5.41, 5.74) is 9.02. The minimum atomic E-state index is 0.629. The molecule has 104 valence electrons. The van der Waals surface area contributed by atoms with Gasteiger partial charge in [0.05, 0.1) is 0 Å². The number of hydrogen-bond acceptors (Lipinski definition) is 2. The number of hydrogen-bond donors (Lipinski definition) is 1. The van der Waals surface area contributed by atoms with Gasteiger partial charge in [-0.15, -0.1) is 0 Å². The molecule has 1 aliphatic heterocycles. The summed E-state index contributed by atoms with van der Waals surface area (Å²) in [4.78, 5) is 2.68. The van der Waals surface area contributed by atoms with Crippen molar-refractivity contribution < 1.29 is 0 Å². The maximum absolute atomic E-state index is 5.94. The fourth-order valence-electron chi connectivity index (χ4n) is 3.71. The molecular weight excluding hydrogens is 300 g/mol. The first-order valence-electron chi connectivity index (χ1n) is 7.41. The molecule has 0 aromatic heterocycles. The van der Waals surface area contributed by atoms with Crippen molar-refractivity contribution >= 4 is 15.9 Å². The van der Waals surface area contributed by atoms with E-state index in [0.717, 1.165) is 12.5 Å². The highest BCUT2D eigenvalue weighted by atomic mass is 79.9. The molecule has 1 aromatic rings. The highest BCUT2D eigenvalue weighted by molar-refractivity contribution is 9.10. The van der Waals surface area contributed by atoms with Crippen molar-refractivity contribution in [3.8, 4) is 0 Å². The highest BCUT2D eigenvalue weighted by Crippen LogP contribution is 2.39. The van der Waals surface area contributed by atoms with Crippen molar-refractivity contribution in [1.82, 2.24) is 4.90 Å². The largest absolute Gasteiger partial charge is 0.330 e. The number of likely N-dealkylation sites (tertiary alicyclic amines) is 1. The van der Waals surface area contributed by atoms with Gasteiger partial charge in [-0.3, -0.25) is 4.90 Å². The van der Waals surface area contributed by atoms with E-state index in [2.05, 4.69) is 46.0 Å². The molecule has 2 nitrogen and oxygen atoms in total. The van der Waals surface area contributed by atoms with Crippen LogP contribution in [-0.4, -0.2) is 24.5 Å². The van der Waals surface area contributed by atoms with Gasteiger partial charge in [-0.25, -0.2) is 0 Å². The lowest BCUT2D eigenvalue weighted by atomic mass is 9.86. The summed E-state index contributed by atoms with van der Waals surface area (Å²) in [6.07, 6.45) is 3.79. The van der Waals surface area contributed by atoms with Gasteiger partial charge in [-0.2, -0.15) is 0 Å². The van der Waals surface area contributed by atoms with E-state index in [4.69, 9.17) is 5.73 Å². The lowest BCUT2D eigenvalue weighted by Crippen LogP contribution is -2.43. The van der Waals surface area contributed by atoms with Gasteiger partial charge < -0.3 is 5.73 Å². The van der Waals surface area contributed by atoms with Crippen LogP contribution in [0, 0.1) is 11.8 Å². The topological polar surface area (TPSA) is 29.3 Å². The van der Waals surface area contributed by atoms with E-state index in [1.54, 1.807) is 5.56 Å². The highest BCUT2D eigenvalue weighted by Gasteiger charge is 2.33. The predicted molar refractivity (Wildman–Crippen MR) is 83.1 cm³/mol. The van der Waals surface area contributed by atoms with E-state index in [1.165, 1.54) is 42.4 Å². The molecule has 2 aliphatic rings. The van der Waals surface area contributed by atoms with E-state index in [-0.39, 0.29) is 0 Å². The molecule has 3 heteroatoms. The second kappa shape index (κ2) is 5.55. The molecular formula is C16H23BrN2. The number of piperidine rings is 1. The van der Waals surface area contributed by atoms with Gasteiger partial charge in [0.2, 0.25) is 0 Å². The quantitative estimate of drug-likeness (QED) is 0.904. The Morgan fingerprint density at radius 2 is 2.21 bits per heavy atom. The minimum absolute atomic E-state index is 0.629. The minimum Gasteiger partial charge on any atom is -0.330 e. The van der Waals surface area contributed by atoms with E-state index in [0.29, 0.717) is 12.0 Å². The fourth-order valence-corrected chi connectivity index (χ4v) is 4.12. The average Bonchev–Trinajstić information content (AvgIpc) is 2.82. The van der Waals surface area contributed by atoms with Crippen LogP contribution >= 0.6 is 15.9 Å². The van der Waals surface area contributed by atoms with E-state index < -0.39 is 0 Å². The molecule has 3 atom stereocenters. The van der Waals surface area contributed by atoms with E-state index in [1.807, 2.05) is 0 Å². The summed E-state index contributed by atoms with van der Waals surface area (Å²) in [6.45, 7) is 5.60. The molecule has 0 amide bonds. The summed E-state index contributed by atoms with van der Waals surface area (Å²) in [6, 6.07) is 7.42. The van der Waals surface area contributed by atoms with Crippen molar-refractivity contribution in [1.29, 1.82) is 0 Å². The van der Waals surface area contributed by atoms with Crippen molar-refractivity contribution in [2.75, 3.05) is 19.6 Å². The Labute approximate surface area is 124 Å². The number of halogens is 1. The Balaban J connectivity index is 1.78. The van der Waals surface area contributed by atoms with Gasteiger partial charge in [0.1, 0.15) is 0 Å². The first kappa shape index (κ1) is 13.6. The summed E-state index contributed by atoms with van der Waals surface area (Å²) in [5.74, 6) is 1.46. The van der Waals surface area contributed by atoms with Crippen molar-refractivity contribution in [3.63, 3.8) is 0 Å². The normalized spacial score (nSPS) is 31.4. The summed E-state index contributed by atoms with van der Waals surface area (Å²) < 4.78 is 1.21. The molecule has 1 heterocycles. The number of nitrogens with zero attached hydrogens (tertiary/aromatic N) is 1. The first-order valence-corrected chi connectivity index (χ1v) is 8.20. The summed E-state index contributed by atoms with van der Waals surface area (Å²) in [5, 5.41) is 0. The van der Waals surface area contributed by atoms with Gasteiger partial charge >= 0.3 is 0 Å². The molecule has 0 spiro atoms. The lowest BCUT2D eigenvalue weighted by molar-refractivity contribution is 0.0909. The lowest BCUT2D eigenvalue weighted by Gasteiger charge is -2.40. The van der Waals surface area contributed by atoms with Gasteiger partial charge in [-0.05, 0) is 67.4 Å². The maximum atomic E-state index is 5.94. The van der Waals surface area contributed by atoms with Gasteiger partial charge in [-0.1, -0.05) is 28.9 Å². The van der Waals surface area contributed by atoms with E-state index >= 15 is 0 Å². The summed E-state index contributed by atoms with van der Waals surface area (Å²) >= 11 is 3.58. The number of nitrogens with two attached hydrogens (primary N) is 1. The van der Waals surface area contributed by atoms with Crippen LogP contribution in [0.4, 0.5) is 0 Å². The molecule has 19 heavy (non-hydrogen) atoms. The van der Waals surface area contributed by atoms with Crippen molar-refractivity contribution in [3.05, 3.63) is 33.8 Å². The SMILES string of the molecule is CC1CCN(C2CCc3cc(Br)ccc32)CC1CN. The van der Waals surface area contributed by atoms with Crippen LogP contribution in [0.2, 0.25) is 0 Å². The van der Waals surface area contributed by atoms with Crippen LogP contribution in [-0.2, 0) is 6.42 Å². The van der Waals surface area contributed by atoms with Crippen LogP contribution in [0.15, 0.2) is 22.7 Å². The Hall–Kier alpha value is -0.380. The molecule has 3 unspecified atom stereocenters. The standard InChI is InChI=1S/C16H23BrN2/c1-11-6-7-19(10-13(11)9-18)16-5-2-12-8-14(17)3-4-15(12)16/h3-4,8,11,13,16H,2,5-7,9-10,18H2,1H3. The monoisotopic (exact) mass is 322 g/mol. The Morgan fingerprint density at radius 1 is 1.37 bits per heavy atom. The third-order valence-corrected chi connectivity index (χ3v) is 5.53. The molecule has 1 fully saturated rings. The molecule has 0 bridgehead atoms.